The van der Waals surface area contributed by atoms with Gasteiger partial charge in [-0.2, -0.15) is 0 Å². The third-order valence-corrected chi connectivity index (χ3v) is 6.15. The number of carbonyl (C=O) groups is 3. The van der Waals surface area contributed by atoms with Crippen molar-refractivity contribution >= 4 is 29.2 Å². The Hall–Kier alpha value is -4.30. The minimum Gasteiger partial charge on any atom is -0.496 e. The van der Waals surface area contributed by atoms with Gasteiger partial charge in [-0.05, 0) is 42.0 Å². The quantitative estimate of drug-likeness (QED) is 0.410. The van der Waals surface area contributed by atoms with Gasteiger partial charge in [-0.25, -0.2) is 0 Å². The molecule has 0 aliphatic heterocycles. The second-order valence-corrected chi connectivity index (χ2v) is 8.71. The zero-order chi connectivity index (χ0) is 25.3. The number of hydrogen-bond donors (Lipinski definition) is 1. The number of nitrogens with one attached hydrogen (secondary N) is 1. The summed E-state index contributed by atoms with van der Waals surface area (Å²) in [6.45, 7) is 0.119. The molecule has 7 nitrogen and oxygen atoms in total. The first-order valence-corrected chi connectivity index (χ1v) is 11.9. The van der Waals surface area contributed by atoms with Crippen LogP contribution in [-0.2, 0) is 21.0 Å². The average Bonchev–Trinajstić information content (AvgIpc) is 2.90. The number of ketones is 2. The van der Waals surface area contributed by atoms with E-state index < -0.39 is 11.7 Å². The van der Waals surface area contributed by atoms with E-state index in [1.54, 1.807) is 36.4 Å². The summed E-state index contributed by atoms with van der Waals surface area (Å²) in [4.78, 5) is 38.3. The maximum Gasteiger partial charge on any atom is 0.262 e. The second kappa shape index (κ2) is 11.9. The molecule has 3 aromatic rings. The number of rotatable bonds is 10. The molecule has 0 fully saturated rings. The van der Waals surface area contributed by atoms with Crippen LogP contribution in [0.3, 0.4) is 0 Å². The Balaban J connectivity index is 1.26. The van der Waals surface area contributed by atoms with Crippen LogP contribution >= 0.6 is 11.8 Å². The van der Waals surface area contributed by atoms with Gasteiger partial charge in [0.05, 0.1) is 22.6 Å². The largest absolute Gasteiger partial charge is 0.496 e. The Morgan fingerprint density at radius 1 is 0.806 bits per heavy atom. The predicted octanol–water partition coefficient (Wildman–Crippen LogP) is 4.48. The van der Waals surface area contributed by atoms with Crippen LogP contribution in [0.2, 0.25) is 0 Å². The molecule has 3 aromatic carbocycles. The fourth-order valence-electron chi connectivity index (χ4n) is 3.25. The highest BCUT2D eigenvalue weighted by Gasteiger charge is 2.23. The van der Waals surface area contributed by atoms with Crippen molar-refractivity contribution in [3.63, 3.8) is 0 Å². The Kier molecular flexibility index (Phi) is 8.20. The van der Waals surface area contributed by atoms with Crippen molar-refractivity contribution in [1.82, 2.24) is 5.32 Å². The highest BCUT2D eigenvalue weighted by Crippen LogP contribution is 2.35. The normalized spacial score (nSPS) is 12.9. The van der Waals surface area contributed by atoms with Gasteiger partial charge in [0.1, 0.15) is 23.9 Å². The number of allylic oxidation sites excluding steroid dienone is 3. The zero-order valence-electron chi connectivity index (χ0n) is 19.4. The maximum atomic E-state index is 12.5. The van der Waals surface area contributed by atoms with E-state index in [0.717, 1.165) is 23.4 Å². The lowest BCUT2D eigenvalue weighted by Crippen LogP contribution is -2.33. The number of methoxy groups -OCH3 is 1. The van der Waals surface area contributed by atoms with Crippen LogP contribution in [0.1, 0.15) is 5.56 Å². The summed E-state index contributed by atoms with van der Waals surface area (Å²) in [6, 6.07) is 23.8. The highest BCUT2D eigenvalue weighted by atomic mass is 32.2. The lowest BCUT2D eigenvalue weighted by molar-refractivity contribution is -0.124. The molecule has 0 bridgehead atoms. The number of thioether (sulfide) groups is 1. The van der Waals surface area contributed by atoms with Gasteiger partial charge in [0.25, 0.3) is 5.91 Å². The molecule has 0 heterocycles. The summed E-state index contributed by atoms with van der Waals surface area (Å²) < 4.78 is 16.5. The van der Waals surface area contributed by atoms with Crippen LogP contribution in [0.4, 0.5) is 0 Å². The highest BCUT2D eigenvalue weighted by molar-refractivity contribution is 8.04. The van der Waals surface area contributed by atoms with Gasteiger partial charge < -0.3 is 19.5 Å². The van der Waals surface area contributed by atoms with Crippen LogP contribution in [0.15, 0.2) is 107 Å². The van der Waals surface area contributed by atoms with Crippen molar-refractivity contribution in [2.75, 3.05) is 13.7 Å². The Bertz CT molecular complexity index is 1320. The first-order valence-electron chi connectivity index (χ1n) is 11.0. The van der Waals surface area contributed by atoms with Crippen molar-refractivity contribution in [3.05, 3.63) is 107 Å². The molecule has 0 unspecified atom stereocenters. The summed E-state index contributed by atoms with van der Waals surface area (Å²) in [7, 11) is 1.53. The van der Waals surface area contributed by atoms with E-state index in [0.29, 0.717) is 28.8 Å². The standard InChI is InChI=1S/C28H23NO6S/c1-33-25-9-5-6-10-26(25)36-27-16-23(30)22(15-24(27)31)29-28(32)18-35-21-13-11-20(12-14-21)34-17-19-7-3-2-4-8-19/h2-16H,17-18H2,1H3,(H,29,32). The topological polar surface area (TPSA) is 90.9 Å². The minimum atomic E-state index is -0.555. The summed E-state index contributed by atoms with van der Waals surface area (Å²) in [6.07, 6.45) is 2.33. The molecule has 0 aromatic heterocycles. The summed E-state index contributed by atoms with van der Waals surface area (Å²) in [5.41, 5.74) is 0.961. The van der Waals surface area contributed by atoms with E-state index >= 15 is 0 Å². The molecule has 0 atom stereocenters. The summed E-state index contributed by atoms with van der Waals surface area (Å²) in [5, 5.41) is 2.45. The van der Waals surface area contributed by atoms with E-state index in [2.05, 4.69) is 5.32 Å². The Labute approximate surface area is 212 Å². The van der Waals surface area contributed by atoms with Gasteiger partial charge in [-0.3, -0.25) is 14.4 Å². The van der Waals surface area contributed by atoms with Crippen molar-refractivity contribution in [2.24, 2.45) is 0 Å². The maximum absolute atomic E-state index is 12.5. The van der Waals surface area contributed by atoms with Crippen LogP contribution in [0.5, 0.6) is 17.2 Å². The van der Waals surface area contributed by atoms with Crippen LogP contribution in [-0.4, -0.2) is 31.2 Å². The van der Waals surface area contributed by atoms with Crippen LogP contribution in [0.25, 0.3) is 0 Å². The Morgan fingerprint density at radius 3 is 2.19 bits per heavy atom. The SMILES string of the molecule is COc1ccccc1SC1=CC(=O)C(NC(=O)COc2ccc(OCc3ccccc3)cc2)=CC1=O. The predicted molar refractivity (Wildman–Crippen MR) is 136 cm³/mol. The number of benzene rings is 3. The van der Waals surface area contributed by atoms with Gasteiger partial charge in [-0.1, -0.05) is 54.2 Å². The molecule has 1 aliphatic rings. The molecule has 8 heteroatoms. The first-order chi connectivity index (χ1) is 17.5. The number of para-hydroxylation sites is 1. The molecular weight excluding hydrogens is 478 g/mol. The van der Waals surface area contributed by atoms with Gasteiger partial charge >= 0.3 is 0 Å². The molecule has 0 saturated heterocycles. The van der Waals surface area contributed by atoms with E-state index in [-0.39, 0.29) is 23.0 Å². The third-order valence-electron chi connectivity index (χ3n) is 5.05. The molecule has 182 valence electrons. The molecule has 1 amide bonds. The van der Waals surface area contributed by atoms with Gasteiger partial charge in [0.15, 0.2) is 12.4 Å². The van der Waals surface area contributed by atoms with Crippen LogP contribution in [0, 0.1) is 0 Å². The number of amides is 1. The summed E-state index contributed by atoms with van der Waals surface area (Å²) >= 11 is 1.13. The van der Waals surface area contributed by atoms with Gasteiger partial charge in [-0.15, -0.1) is 0 Å². The van der Waals surface area contributed by atoms with E-state index in [4.69, 9.17) is 14.2 Å². The first kappa shape index (κ1) is 24.8. The lowest BCUT2D eigenvalue weighted by Gasteiger charge is -2.14. The van der Waals surface area contributed by atoms with Gasteiger partial charge in [0.2, 0.25) is 5.78 Å². The second-order valence-electron chi connectivity index (χ2n) is 7.63. The van der Waals surface area contributed by atoms with Crippen molar-refractivity contribution in [2.45, 2.75) is 11.5 Å². The van der Waals surface area contributed by atoms with E-state index in [9.17, 15) is 14.4 Å². The molecular formula is C28H23NO6S. The molecule has 1 N–H and O–H groups in total. The van der Waals surface area contributed by atoms with Gasteiger partial charge in [0, 0.05) is 12.2 Å². The molecule has 36 heavy (non-hydrogen) atoms. The van der Waals surface area contributed by atoms with E-state index in [1.165, 1.54) is 13.2 Å². The smallest absolute Gasteiger partial charge is 0.262 e. The third kappa shape index (κ3) is 6.64. The lowest BCUT2D eigenvalue weighted by atomic mass is 10.1. The van der Waals surface area contributed by atoms with Crippen molar-refractivity contribution < 1.29 is 28.6 Å². The molecule has 0 spiro atoms. The fourth-order valence-corrected chi connectivity index (χ4v) is 4.21. The fraction of sp³-hybridized carbons (Fsp3) is 0.107. The van der Waals surface area contributed by atoms with E-state index in [1.807, 2.05) is 42.5 Å². The molecule has 0 radical (unpaired) electrons. The number of hydrogen-bond acceptors (Lipinski definition) is 7. The summed E-state index contributed by atoms with van der Waals surface area (Å²) in [5.74, 6) is 0.321. The molecule has 1 aliphatic carbocycles. The number of carbonyl (C=O) groups excluding carboxylic acids is 3. The monoisotopic (exact) mass is 501 g/mol. The van der Waals surface area contributed by atoms with Crippen LogP contribution < -0.4 is 19.5 Å². The Morgan fingerprint density at radius 2 is 1.47 bits per heavy atom. The van der Waals surface area contributed by atoms with Crippen molar-refractivity contribution in [3.8, 4) is 17.2 Å². The average molecular weight is 502 g/mol. The number of ether oxygens (including phenoxy) is 3. The minimum absolute atomic E-state index is 0.0948. The molecule has 0 saturated carbocycles. The molecule has 4 rings (SSSR count). The zero-order valence-corrected chi connectivity index (χ0v) is 20.2. The van der Waals surface area contributed by atoms with Crippen molar-refractivity contribution in [1.29, 1.82) is 0 Å².